The van der Waals surface area contributed by atoms with Crippen LogP contribution < -0.4 is 0 Å². The third-order valence-corrected chi connectivity index (χ3v) is 3.27. The van der Waals surface area contributed by atoms with Crippen molar-refractivity contribution in [1.29, 1.82) is 0 Å². The van der Waals surface area contributed by atoms with Gasteiger partial charge in [-0.05, 0) is 32.9 Å². The fraction of sp³-hybridized carbons (Fsp3) is 0.385. The zero-order chi connectivity index (χ0) is 13.8. The largest absolute Gasteiger partial charge is 0.459 e. The maximum Gasteiger partial charge on any atom is 0.316 e. The first-order chi connectivity index (χ1) is 8.33. The molecule has 0 aliphatic carbocycles. The molecule has 0 radical (unpaired) electrons. The average Bonchev–Trinajstić information content (AvgIpc) is 2.24. The average molecular weight is 287 g/mol. The normalized spacial score (nSPS) is 11.1. The van der Waals surface area contributed by atoms with Crippen molar-refractivity contribution in [2.24, 2.45) is 0 Å². The third kappa shape index (κ3) is 4.70. The molecule has 0 spiro atoms. The summed E-state index contributed by atoms with van der Waals surface area (Å²) in [5, 5.41) is 0.388. The minimum Gasteiger partial charge on any atom is -0.459 e. The molecule has 0 heterocycles. The Bertz CT molecular complexity index is 452. The van der Waals surface area contributed by atoms with Crippen LogP contribution in [0.4, 0.5) is 0 Å². The van der Waals surface area contributed by atoms with Gasteiger partial charge >= 0.3 is 5.97 Å². The van der Waals surface area contributed by atoms with Crippen LogP contribution >= 0.6 is 23.4 Å². The van der Waals surface area contributed by atoms with Gasteiger partial charge in [0.05, 0.1) is 10.8 Å². The first-order valence-electron chi connectivity index (χ1n) is 5.42. The quantitative estimate of drug-likeness (QED) is 0.482. The molecule has 0 fully saturated rings. The smallest absolute Gasteiger partial charge is 0.316 e. The zero-order valence-electron chi connectivity index (χ0n) is 10.5. The molecule has 0 saturated heterocycles. The van der Waals surface area contributed by atoms with Gasteiger partial charge in [0.15, 0.2) is 6.29 Å². The van der Waals surface area contributed by atoms with Crippen LogP contribution in [0.3, 0.4) is 0 Å². The maximum atomic E-state index is 11.6. The Hall–Kier alpha value is -1.00. The highest BCUT2D eigenvalue weighted by molar-refractivity contribution is 8.00. The minimum absolute atomic E-state index is 0.151. The highest BCUT2D eigenvalue weighted by Gasteiger charge is 2.17. The molecule has 0 saturated carbocycles. The van der Waals surface area contributed by atoms with Crippen molar-refractivity contribution in [3.63, 3.8) is 0 Å². The van der Waals surface area contributed by atoms with Crippen LogP contribution in [0.2, 0.25) is 5.02 Å². The molecule has 0 aliphatic heterocycles. The van der Waals surface area contributed by atoms with Crippen LogP contribution in [0.1, 0.15) is 31.1 Å². The number of thioether (sulfide) groups is 1. The highest BCUT2D eigenvalue weighted by atomic mass is 35.5. The molecule has 0 atom stereocenters. The van der Waals surface area contributed by atoms with Gasteiger partial charge < -0.3 is 4.74 Å². The summed E-state index contributed by atoms with van der Waals surface area (Å²) >= 11 is 7.13. The van der Waals surface area contributed by atoms with E-state index in [4.69, 9.17) is 16.3 Å². The lowest BCUT2D eigenvalue weighted by molar-refractivity contribution is -0.151. The van der Waals surface area contributed by atoms with Gasteiger partial charge in [0.2, 0.25) is 0 Å². The molecule has 0 N–H and O–H groups in total. The van der Waals surface area contributed by atoms with E-state index in [0.29, 0.717) is 21.8 Å². The summed E-state index contributed by atoms with van der Waals surface area (Å²) in [6, 6.07) is 5.14. The molecule has 98 valence electrons. The lowest BCUT2D eigenvalue weighted by atomic mass is 10.2. The fourth-order valence-electron chi connectivity index (χ4n) is 1.27. The lowest BCUT2D eigenvalue weighted by Gasteiger charge is -2.19. The van der Waals surface area contributed by atoms with Crippen LogP contribution in [-0.4, -0.2) is 23.6 Å². The molecule has 18 heavy (non-hydrogen) atoms. The molecule has 1 rings (SSSR count). The molecule has 0 aromatic heterocycles. The van der Waals surface area contributed by atoms with E-state index in [1.54, 1.807) is 18.2 Å². The number of aldehydes is 1. The Morgan fingerprint density at radius 1 is 1.44 bits per heavy atom. The van der Waals surface area contributed by atoms with E-state index in [2.05, 4.69) is 0 Å². The third-order valence-electron chi connectivity index (χ3n) is 1.90. The van der Waals surface area contributed by atoms with E-state index < -0.39 is 5.60 Å². The van der Waals surface area contributed by atoms with Crippen LogP contribution in [0.5, 0.6) is 0 Å². The van der Waals surface area contributed by atoms with Gasteiger partial charge in [-0.1, -0.05) is 17.7 Å². The van der Waals surface area contributed by atoms with Crippen molar-refractivity contribution in [1.82, 2.24) is 0 Å². The lowest BCUT2D eigenvalue weighted by Crippen LogP contribution is -2.24. The van der Waals surface area contributed by atoms with Crippen molar-refractivity contribution >= 4 is 35.6 Å². The summed E-state index contributed by atoms with van der Waals surface area (Å²) in [4.78, 5) is 23.1. The second kappa shape index (κ2) is 6.25. The summed E-state index contributed by atoms with van der Waals surface area (Å²) < 4.78 is 5.18. The Morgan fingerprint density at radius 3 is 2.67 bits per heavy atom. The van der Waals surface area contributed by atoms with Gasteiger partial charge in [-0.3, -0.25) is 9.59 Å². The number of hydrogen-bond acceptors (Lipinski definition) is 4. The molecular weight excluding hydrogens is 272 g/mol. The van der Waals surface area contributed by atoms with Crippen LogP contribution in [0.25, 0.3) is 0 Å². The van der Waals surface area contributed by atoms with Gasteiger partial charge in [0.25, 0.3) is 0 Å². The molecule has 0 aliphatic rings. The van der Waals surface area contributed by atoms with Gasteiger partial charge in [0, 0.05) is 10.5 Å². The van der Waals surface area contributed by atoms with Crippen LogP contribution in [-0.2, 0) is 9.53 Å². The first kappa shape index (κ1) is 15.1. The monoisotopic (exact) mass is 286 g/mol. The molecule has 5 heteroatoms. The van der Waals surface area contributed by atoms with Gasteiger partial charge in [-0.15, -0.1) is 11.8 Å². The molecular formula is C13H15ClO3S. The van der Waals surface area contributed by atoms with Gasteiger partial charge in [0.1, 0.15) is 5.60 Å². The zero-order valence-corrected chi connectivity index (χ0v) is 12.1. The van der Waals surface area contributed by atoms with E-state index in [-0.39, 0.29) is 11.7 Å². The van der Waals surface area contributed by atoms with Crippen molar-refractivity contribution in [3.05, 3.63) is 28.8 Å². The Morgan fingerprint density at radius 2 is 2.11 bits per heavy atom. The van der Waals surface area contributed by atoms with E-state index in [0.717, 1.165) is 0 Å². The Kier molecular flexibility index (Phi) is 5.23. The summed E-state index contributed by atoms with van der Waals surface area (Å²) in [6.07, 6.45) is 0.694. The molecule has 1 aromatic carbocycles. The number of hydrogen-bond donors (Lipinski definition) is 0. The van der Waals surface area contributed by atoms with E-state index in [9.17, 15) is 9.59 Å². The number of esters is 1. The summed E-state index contributed by atoms with van der Waals surface area (Å²) in [6.45, 7) is 5.43. The van der Waals surface area contributed by atoms with Crippen LogP contribution in [0.15, 0.2) is 23.1 Å². The maximum absolute atomic E-state index is 11.6. The summed E-state index contributed by atoms with van der Waals surface area (Å²) in [5.74, 6) is -0.164. The van der Waals surface area contributed by atoms with Crippen molar-refractivity contribution in [3.8, 4) is 0 Å². The summed E-state index contributed by atoms with van der Waals surface area (Å²) in [7, 11) is 0. The Labute approximate surface area is 116 Å². The van der Waals surface area contributed by atoms with Gasteiger partial charge in [-0.25, -0.2) is 0 Å². The van der Waals surface area contributed by atoms with E-state index >= 15 is 0 Å². The van der Waals surface area contributed by atoms with Crippen LogP contribution in [0, 0.1) is 0 Å². The standard InChI is InChI=1S/C13H15ClO3S/c1-13(2,3)17-12(16)8-18-11-6-4-5-10(14)9(11)7-15/h4-7H,8H2,1-3H3. The number of benzene rings is 1. The number of carbonyl (C=O) groups is 2. The Balaban J connectivity index is 2.67. The molecule has 0 amide bonds. The molecule has 0 unspecified atom stereocenters. The minimum atomic E-state index is -0.501. The SMILES string of the molecule is CC(C)(C)OC(=O)CSc1cccc(Cl)c1C=O. The van der Waals surface area contributed by atoms with E-state index in [1.165, 1.54) is 11.8 Å². The van der Waals surface area contributed by atoms with Crippen molar-refractivity contribution < 1.29 is 14.3 Å². The van der Waals surface area contributed by atoms with E-state index in [1.807, 2.05) is 20.8 Å². The van der Waals surface area contributed by atoms with Crippen molar-refractivity contribution in [2.75, 3.05) is 5.75 Å². The molecule has 3 nitrogen and oxygen atoms in total. The number of rotatable bonds is 4. The predicted molar refractivity (Wildman–Crippen MR) is 73.4 cm³/mol. The fourth-order valence-corrected chi connectivity index (χ4v) is 2.36. The topological polar surface area (TPSA) is 43.4 Å². The number of halogens is 1. The first-order valence-corrected chi connectivity index (χ1v) is 6.78. The highest BCUT2D eigenvalue weighted by Crippen LogP contribution is 2.27. The van der Waals surface area contributed by atoms with Crippen molar-refractivity contribution in [2.45, 2.75) is 31.3 Å². The molecule has 1 aromatic rings. The number of carbonyl (C=O) groups excluding carboxylic acids is 2. The van der Waals surface area contributed by atoms with Gasteiger partial charge in [-0.2, -0.15) is 0 Å². The second-order valence-corrected chi connectivity index (χ2v) is 6.07. The summed E-state index contributed by atoms with van der Waals surface area (Å²) in [5.41, 5.74) is -0.0906. The number of ether oxygens (including phenoxy) is 1. The predicted octanol–water partition coefficient (Wildman–Crippen LogP) is 3.59. The molecule has 0 bridgehead atoms. The second-order valence-electron chi connectivity index (χ2n) is 4.64.